The SMILES string of the molecule is CS(=O)(=O)N1CCN(C(=O)CN2Cc3ccccc3C[C@@H]2C(N)=O)CC1. The molecule has 0 radical (unpaired) electrons. The number of sulfonamides is 1. The van der Waals surface area contributed by atoms with Gasteiger partial charge in [0.15, 0.2) is 0 Å². The van der Waals surface area contributed by atoms with Crippen LogP contribution in [-0.2, 0) is 32.6 Å². The Morgan fingerprint density at radius 1 is 1.12 bits per heavy atom. The highest BCUT2D eigenvalue weighted by Gasteiger charge is 2.33. The van der Waals surface area contributed by atoms with E-state index in [9.17, 15) is 18.0 Å². The Labute approximate surface area is 153 Å². The number of primary amides is 1. The normalized spacial score (nSPS) is 22.0. The molecule has 0 aliphatic carbocycles. The lowest BCUT2D eigenvalue weighted by Gasteiger charge is -2.38. The molecule has 2 aliphatic heterocycles. The van der Waals surface area contributed by atoms with Crippen LogP contribution in [0.15, 0.2) is 24.3 Å². The van der Waals surface area contributed by atoms with Gasteiger partial charge in [-0.3, -0.25) is 14.5 Å². The number of nitrogens with zero attached hydrogens (tertiary/aromatic N) is 3. The van der Waals surface area contributed by atoms with Crippen molar-refractivity contribution in [2.45, 2.75) is 19.0 Å². The van der Waals surface area contributed by atoms with Gasteiger partial charge in [-0.05, 0) is 17.5 Å². The number of hydrogen-bond acceptors (Lipinski definition) is 5. The molecule has 0 bridgehead atoms. The maximum Gasteiger partial charge on any atom is 0.236 e. The Hall–Kier alpha value is -1.97. The third-order valence-electron chi connectivity index (χ3n) is 5.07. The van der Waals surface area contributed by atoms with Gasteiger partial charge in [-0.15, -0.1) is 0 Å². The molecule has 0 spiro atoms. The minimum absolute atomic E-state index is 0.0980. The molecule has 1 aromatic rings. The molecule has 1 fully saturated rings. The van der Waals surface area contributed by atoms with E-state index in [4.69, 9.17) is 5.73 Å². The second kappa shape index (κ2) is 7.34. The Bertz CT molecular complexity index is 803. The predicted octanol–water partition coefficient (Wildman–Crippen LogP) is -0.998. The number of fused-ring (bicyclic) bond motifs is 1. The predicted molar refractivity (Wildman–Crippen MR) is 96.5 cm³/mol. The van der Waals surface area contributed by atoms with Gasteiger partial charge < -0.3 is 10.6 Å². The van der Waals surface area contributed by atoms with E-state index >= 15 is 0 Å². The Balaban J connectivity index is 1.66. The zero-order valence-electron chi connectivity index (χ0n) is 14.8. The topological polar surface area (TPSA) is 104 Å². The molecule has 26 heavy (non-hydrogen) atoms. The van der Waals surface area contributed by atoms with Gasteiger partial charge in [0.1, 0.15) is 0 Å². The van der Waals surface area contributed by atoms with Crippen LogP contribution in [0.25, 0.3) is 0 Å². The second-order valence-electron chi connectivity index (χ2n) is 6.84. The molecular formula is C17H24N4O4S. The summed E-state index contributed by atoms with van der Waals surface area (Å²) >= 11 is 0. The maximum atomic E-state index is 12.7. The number of carbonyl (C=O) groups excluding carboxylic acids is 2. The number of hydrogen-bond donors (Lipinski definition) is 1. The molecule has 1 aromatic carbocycles. The zero-order chi connectivity index (χ0) is 18.9. The second-order valence-corrected chi connectivity index (χ2v) is 8.82. The summed E-state index contributed by atoms with van der Waals surface area (Å²) in [6.07, 6.45) is 1.67. The van der Waals surface area contributed by atoms with Gasteiger partial charge in [-0.25, -0.2) is 8.42 Å². The van der Waals surface area contributed by atoms with Crippen LogP contribution in [0.2, 0.25) is 0 Å². The fraction of sp³-hybridized carbons (Fsp3) is 0.529. The molecule has 2 heterocycles. The van der Waals surface area contributed by atoms with E-state index in [2.05, 4.69) is 0 Å². The zero-order valence-corrected chi connectivity index (χ0v) is 15.6. The van der Waals surface area contributed by atoms with Crippen LogP contribution >= 0.6 is 0 Å². The minimum Gasteiger partial charge on any atom is -0.368 e. The lowest BCUT2D eigenvalue weighted by atomic mass is 9.93. The summed E-state index contributed by atoms with van der Waals surface area (Å²) in [4.78, 5) is 28.0. The third kappa shape index (κ3) is 4.05. The van der Waals surface area contributed by atoms with Crippen LogP contribution in [0, 0.1) is 0 Å². The van der Waals surface area contributed by atoms with Crippen molar-refractivity contribution < 1.29 is 18.0 Å². The van der Waals surface area contributed by atoms with E-state index in [0.29, 0.717) is 39.1 Å². The standard InChI is InChI=1S/C17H24N4O4S/c1-26(24,25)21-8-6-19(7-9-21)16(22)12-20-11-14-5-3-2-4-13(14)10-15(20)17(18)23/h2-5,15H,6-12H2,1H3,(H2,18,23)/t15-/m1/s1. The molecule has 0 saturated carbocycles. The van der Waals surface area contributed by atoms with Gasteiger partial charge >= 0.3 is 0 Å². The maximum absolute atomic E-state index is 12.7. The average Bonchev–Trinajstić information content (AvgIpc) is 2.60. The number of amides is 2. The van der Waals surface area contributed by atoms with E-state index in [-0.39, 0.29) is 12.5 Å². The molecule has 8 nitrogen and oxygen atoms in total. The summed E-state index contributed by atoms with van der Waals surface area (Å²) in [5.41, 5.74) is 7.74. The Morgan fingerprint density at radius 3 is 2.31 bits per heavy atom. The molecular weight excluding hydrogens is 356 g/mol. The van der Waals surface area contributed by atoms with Crippen LogP contribution in [0.3, 0.4) is 0 Å². The first kappa shape index (κ1) is 18.8. The molecule has 3 rings (SSSR count). The smallest absolute Gasteiger partial charge is 0.236 e. The van der Waals surface area contributed by atoms with Crippen LogP contribution in [0.5, 0.6) is 0 Å². The van der Waals surface area contributed by atoms with Crippen molar-refractivity contribution in [1.29, 1.82) is 0 Å². The minimum atomic E-state index is -3.23. The number of carbonyl (C=O) groups is 2. The number of benzene rings is 1. The first-order chi connectivity index (χ1) is 12.3. The van der Waals surface area contributed by atoms with Crippen LogP contribution < -0.4 is 5.73 Å². The van der Waals surface area contributed by atoms with Crippen molar-refractivity contribution in [1.82, 2.24) is 14.1 Å². The van der Waals surface area contributed by atoms with Gasteiger partial charge in [0.05, 0.1) is 18.8 Å². The molecule has 2 amide bonds. The van der Waals surface area contributed by atoms with Gasteiger partial charge in [-0.1, -0.05) is 24.3 Å². The highest BCUT2D eigenvalue weighted by atomic mass is 32.2. The van der Waals surface area contributed by atoms with Crippen molar-refractivity contribution in [3.05, 3.63) is 35.4 Å². The van der Waals surface area contributed by atoms with Gasteiger partial charge in [0.2, 0.25) is 21.8 Å². The highest BCUT2D eigenvalue weighted by Crippen LogP contribution is 2.23. The fourth-order valence-electron chi connectivity index (χ4n) is 3.57. The number of nitrogens with two attached hydrogens (primary N) is 1. The largest absolute Gasteiger partial charge is 0.368 e. The molecule has 142 valence electrons. The van der Waals surface area contributed by atoms with Gasteiger partial charge in [0, 0.05) is 32.7 Å². The highest BCUT2D eigenvalue weighted by molar-refractivity contribution is 7.88. The summed E-state index contributed by atoms with van der Waals surface area (Å²) in [6, 6.07) is 7.34. The van der Waals surface area contributed by atoms with E-state index in [1.807, 2.05) is 29.2 Å². The van der Waals surface area contributed by atoms with Crippen molar-refractivity contribution in [2.24, 2.45) is 5.73 Å². The van der Waals surface area contributed by atoms with Crippen LogP contribution in [-0.4, -0.2) is 79.4 Å². The third-order valence-corrected chi connectivity index (χ3v) is 6.38. The molecule has 9 heteroatoms. The number of rotatable bonds is 4. The van der Waals surface area contributed by atoms with Crippen molar-refractivity contribution in [3.8, 4) is 0 Å². The van der Waals surface area contributed by atoms with Gasteiger partial charge in [-0.2, -0.15) is 4.31 Å². The van der Waals surface area contributed by atoms with Crippen LogP contribution in [0.4, 0.5) is 0 Å². The lowest BCUT2D eigenvalue weighted by molar-refractivity contribution is -0.136. The molecule has 1 atom stereocenters. The van der Waals surface area contributed by atoms with E-state index in [1.54, 1.807) is 4.90 Å². The number of piperazine rings is 1. The monoisotopic (exact) mass is 380 g/mol. The summed E-state index contributed by atoms with van der Waals surface area (Å²) in [5, 5.41) is 0. The first-order valence-corrected chi connectivity index (χ1v) is 10.4. The molecule has 2 N–H and O–H groups in total. The van der Waals surface area contributed by atoms with E-state index in [0.717, 1.165) is 11.1 Å². The van der Waals surface area contributed by atoms with Gasteiger partial charge in [0.25, 0.3) is 0 Å². The molecule has 0 unspecified atom stereocenters. The Morgan fingerprint density at radius 2 is 1.73 bits per heavy atom. The van der Waals surface area contributed by atoms with Crippen LogP contribution in [0.1, 0.15) is 11.1 Å². The van der Waals surface area contributed by atoms with Crippen molar-refractivity contribution in [3.63, 3.8) is 0 Å². The van der Waals surface area contributed by atoms with Crippen molar-refractivity contribution in [2.75, 3.05) is 39.0 Å². The lowest BCUT2D eigenvalue weighted by Crippen LogP contribution is -2.55. The van der Waals surface area contributed by atoms with Crippen molar-refractivity contribution >= 4 is 21.8 Å². The molecule has 2 aliphatic rings. The van der Waals surface area contributed by atoms with E-state index < -0.39 is 22.0 Å². The summed E-state index contributed by atoms with van der Waals surface area (Å²) in [6.45, 7) is 1.91. The molecule has 1 saturated heterocycles. The fourth-order valence-corrected chi connectivity index (χ4v) is 4.39. The Kier molecular flexibility index (Phi) is 5.31. The average molecular weight is 380 g/mol. The summed E-state index contributed by atoms with van der Waals surface area (Å²) in [5.74, 6) is -0.544. The summed E-state index contributed by atoms with van der Waals surface area (Å²) in [7, 11) is -3.23. The van der Waals surface area contributed by atoms with E-state index in [1.165, 1.54) is 10.6 Å². The first-order valence-electron chi connectivity index (χ1n) is 8.59. The quantitative estimate of drug-likeness (QED) is 0.722. The molecule has 0 aromatic heterocycles. The summed E-state index contributed by atoms with van der Waals surface area (Å²) < 4.78 is 24.5.